The van der Waals surface area contributed by atoms with Gasteiger partial charge in [0.05, 0.1) is 11.2 Å². The second kappa shape index (κ2) is 6.35. The van der Waals surface area contributed by atoms with Gasteiger partial charge in [0.1, 0.15) is 5.76 Å². The Hall–Kier alpha value is -1.43. The molecule has 5 nitrogen and oxygen atoms in total. The minimum absolute atomic E-state index is 0.166. The van der Waals surface area contributed by atoms with Crippen LogP contribution in [-0.4, -0.2) is 29.8 Å². The number of aliphatic carboxylic acids is 1. The monoisotopic (exact) mass is 297 g/mol. The molecule has 1 amide bonds. The molecule has 2 rings (SSSR count). The molecule has 0 aromatic carbocycles. The first-order valence-electron chi connectivity index (χ1n) is 6.67. The molecule has 1 aromatic heterocycles. The zero-order valence-electron chi connectivity index (χ0n) is 11.5. The standard InChI is InChI=1S/C14H19NO4S/c1-20-8-10-4-5-11(19-10)12(16)15-9-14(13(17)18)6-2-3-7-14/h4-5H,2-3,6-9H2,1H3,(H,15,16)(H,17,18). The van der Waals surface area contributed by atoms with Crippen LogP contribution in [0.25, 0.3) is 0 Å². The summed E-state index contributed by atoms with van der Waals surface area (Å²) in [7, 11) is 0. The fourth-order valence-corrected chi connectivity index (χ4v) is 3.01. The maximum Gasteiger partial charge on any atom is 0.311 e. The smallest absolute Gasteiger partial charge is 0.311 e. The molecule has 1 aliphatic rings. The highest BCUT2D eigenvalue weighted by molar-refractivity contribution is 7.97. The van der Waals surface area contributed by atoms with Crippen LogP contribution in [0.4, 0.5) is 0 Å². The van der Waals surface area contributed by atoms with Gasteiger partial charge in [0.15, 0.2) is 5.76 Å². The number of carbonyl (C=O) groups is 2. The number of carboxylic acids is 1. The van der Waals surface area contributed by atoms with Crippen molar-refractivity contribution in [3.05, 3.63) is 23.7 Å². The molecule has 0 bridgehead atoms. The molecule has 0 unspecified atom stereocenters. The van der Waals surface area contributed by atoms with Crippen molar-refractivity contribution in [1.29, 1.82) is 0 Å². The molecular formula is C14H19NO4S. The first-order chi connectivity index (χ1) is 9.57. The Morgan fingerprint density at radius 1 is 1.40 bits per heavy atom. The van der Waals surface area contributed by atoms with Crippen LogP contribution in [0.5, 0.6) is 0 Å². The highest BCUT2D eigenvalue weighted by Crippen LogP contribution is 2.37. The maximum absolute atomic E-state index is 12.0. The van der Waals surface area contributed by atoms with Crippen LogP contribution in [0.3, 0.4) is 0 Å². The first kappa shape index (κ1) is 15.0. The van der Waals surface area contributed by atoms with Crippen LogP contribution >= 0.6 is 11.8 Å². The number of thioether (sulfide) groups is 1. The number of hydrogen-bond acceptors (Lipinski definition) is 4. The van der Waals surface area contributed by atoms with E-state index in [1.165, 1.54) is 0 Å². The molecule has 1 heterocycles. The summed E-state index contributed by atoms with van der Waals surface area (Å²) in [6.45, 7) is 0.166. The van der Waals surface area contributed by atoms with Crippen LogP contribution < -0.4 is 5.32 Å². The third kappa shape index (κ3) is 3.17. The third-order valence-electron chi connectivity index (χ3n) is 3.77. The Labute approximate surface area is 122 Å². The average Bonchev–Trinajstić information content (AvgIpc) is 3.06. The van der Waals surface area contributed by atoms with E-state index in [2.05, 4.69) is 5.32 Å². The lowest BCUT2D eigenvalue weighted by atomic mass is 9.86. The molecule has 1 aromatic rings. The number of amides is 1. The average molecular weight is 297 g/mol. The van der Waals surface area contributed by atoms with Crippen LogP contribution in [0, 0.1) is 5.41 Å². The number of carbonyl (C=O) groups excluding carboxylic acids is 1. The van der Waals surface area contributed by atoms with Crippen molar-refractivity contribution < 1.29 is 19.1 Å². The summed E-state index contributed by atoms with van der Waals surface area (Å²) < 4.78 is 5.41. The molecular weight excluding hydrogens is 278 g/mol. The van der Waals surface area contributed by atoms with Crippen LogP contribution in [-0.2, 0) is 10.5 Å². The van der Waals surface area contributed by atoms with Gasteiger partial charge < -0.3 is 14.8 Å². The van der Waals surface area contributed by atoms with Crippen molar-refractivity contribution in [3.8, 4) is 0 Å². The van der Waals surface area contributed by atoms with Crippen molar-refractivity contribution in [3.63, 3.8) is 0 Å². The van der Waals surface area contributed by atoms with Crippen molar-refractivity contribution >= 4 is 23.6 Å². The SMILES string of the molecule is CSCc1ccc(C(=O)NCC2(C(=O)O)CCCC2)o1. The lowest BCUT2D eigenvalue weighted by Gasteiger charge is -2.23. The molecule has 0 atom stereocenters. The van der Waals surface area contributed by atoms with Gasteiger partial charge in [0.25, 0.3) is 5.91 Å². The predicted octanol–water partition coefficient (Wildman–Crippen LogP) is 2.52. The number of rotatable bonds is 6. The van der Waals surface area contributed by atoms with E-state index in [0.717, 1.165) is 18.6 Å². The van der Waals surface area contributed by atoms with Gasteiger partial charge in [0.2, 0.25) is 0 Å². The van der Waals surface area contributed by atoms with Crippen molar-refractivity contribution in [2.45, 2.75) is 31.4 Å². The molecule has 1 saturated carbocycles. The van der Waals surface area contributed by atoms with Gasteiger partial charge in [-0.3, -0.25) is 9.59 Å². The molecule has 1 aliphatic carbocycles. The molecule has 1 fully saturated rings. The summed E-state index contributed by atoms with van der Waals surface area (Å²) in [5.41, 5.74) is -0.801. The number of furan rings is 1. The summed E-state index contributed by atoms with van der Waals surface area (Å²) in [4.78, 5) is 23.4. The van der Waals surface area contributed by atoms with E-state index in [-0.39, 0.29) is 18.2 Å². The van der Waals surface area contributed by atoms with E-state index in [9.17, 15) is 14.7 Å². The van der Waals surface area contributed by atoms with E-state index >= 15 is 0 Å². The second-order valence-electron chi connectivity index (χ2n) is 5.17. The highest BCUT2D eigenvalue weighted by atomic mass is 32.2. The lowest BCUT2D eigenvalue weighted by Crippen LogP contribution is -2.41. The topological polar surface area (TPSA) is 79.5 Å². The van der Waals surface area contributed by atoms with Crippen LogP contribution in [0.1, 0.15) is 42.0 Å². The fourth-order valence-electron chi connectivity index (χ4n) is 2.57. The lowest BCUT2D eigenvalue weighted by molar-refractivity contribution is -0.148. The van der Waals surface area contributed by atoms with Gasteiger partial charge in [-0.2, -0.15) is 11.8 Å². The molecule has 0 radical (unpaired) electrons. The van der Waals surface area contributed by atoms with Gasteiger partial charge in [-0.1, -0.05) is 12.8 Å². The van der Waals surface area contributed by atoms with E-state index in [0.29, 0.717) is 18.6 Å². The first-order valence-corrected chi connectivity index (χ1v) is 8.06. The third-order valence-corrected chi connectivity index (χ3v) is 4.35. The van der Waals surface area contributed by atoms with Gasteiger partial charge in [-0.25, -0.2) is 0 Å². The molecule has 0 saturated heterocycles. The minimum Gasteiger partial charge on any atom is -0.481 e. The van der Waals surface area contributed by atoms with Crippen molar-refractivity contribution in [2.24, 2.45) is 5.41 Å². The van der Waals surface area contributed by atoms with E-state index in [4.69, 9.17) is 4.42 Å². The number of hydrogen-bond donors (Lipinski definition) is 2. The minimum atomic E-state index is -0.821. The number of nitrogens with one attached hydrogen (secondary N) is 1. The van der Waals surface area contributed by atoms with Gasteiger partial charge in [0, 0.05) is 6.54 Å². The Balaban J connectivity index is 1.95. The summed E-state index contributed by atoms with van der Waals surface area (Å²) in [6.07, 6.45) is 5.01. The molecule has 2 N–H and O–H groups in total. The Kier molecular flexibility index (Phi) is 4.75. The van der Waals surface area contributed by atoms with Gasteiger partial charge in [-0.15, -0.1) is 0 Å². The molecule has 0 spiro atoms. The zero-order valence-corrected chi connectivity index (χ0v) is 12.3. The van der Waals surface area contributed by atoms with E-state index in [1.54, 1.807) is 23.9 Å². The molecule has 20 heavy (non-hydrogen) atoms. The predicted molar refractivity (Wildman–Crippen MR) is 76.8 cm³/mol. The van der Waals surface area contributed by atoms with Gasteiger partial charge >= 0.3 is 5.97 Å². The van der Waals surface area contributed by atoms with Crippen LogP contribution in [0.15, 0.2) is 16.5 Å². The summed E-state index contributed by atoms with van der Waals surface area (Å²) >= 11 is 1.61. The maximum atomic E-state index is 12.0. The highest BCUT2D eigenvalue weighted by Gasteiger charge is 2.41. The summed E-state index contributed by atoms with van der Waals surface area (Å²) in [5.74, 6) is 0.540. The zero-order chi connectivity index (χ0) is 14.6. The Morgan fingerprint density at radius 3 is 2.70 bits per heavy atom. The quantitative estimate of drug-likeness (QED) is 0.843. The normalized spacial score (nSPS) is 17.1. The molecule has 6 heteroatoms. The molecule has 110 valence electrons. The number of carboxylic acid groups (broad SMARTS) is 1. The van der Waals surface area contributed by atoms with E-state index < -0.39 is 11.4 Å². The Morgan fingerprint density at radius 2 is 2.10 bits per heavy atom. The largest absolute Gasteiger partial charge is 0.481 e. The fraction of sp³-hybridized carbons (Fsp3) is 0.571. The summed E-state index contributed by atoms with van der Waals surface area (Å²) in [5, 5.41) is 12.0. The second-order valence-corrected chi connectivity index (χ2v) is 6.04. The summed E-state index contributed by atoms with van der Waals surface area (Å²) in [6, 6.07) is 3.40. The van der Waals surface area contributed by atoms with Crippen molar-refractivity contribution in [2.75, 3.05) is 12.8 Å². The molecule has 0 aliphatic heterocycles. The Bertz CT molecular complexity index is 491. The van der Waals surface area contributed by atoms with Crippen LogP contribution in [0.2, 0.25) is 0 Å². The van der Waals surface area contributed by atoms with E-state index in [1.807, 2.05) is 6.26 Å². The van der Waals surface area contributed by atoms with Crippen molar-refractivity contribution in [1.82, 2.24) is 5.32 Å². The van der Waals surface area contributed by atoms with Gasteiger partial charge in [-0.05, 0) is 31.2 Å².